The van der Waals surface area contributed by atoms with Gasteiger partial charge in [0.15, 0.2) is 5.76 Å². The van der Waals surface area contributed by atoms with Crippen LogP contribution in [-0.4, -0.2) is 11.3 Å². The topological polar surface area (TPSA) is 20.2 Å². The Morgan fingerprint density at radius 2 is 0.619 bits per heavy atom. The highest BCUT2D eigenvalue weighted by atomic mass is 31.2. The van der Waals surface area contributed by atoms with E-state index in [1.54, 1.807) is 0 Å². The van der Waals surface area contributed by atoms with E-state index in [2.05, 4.69) is 188 Å². The molecule has 1 N–H and O–H groups in total. The third kappa shape index (κ3) is 5.35. The van der Waals surface area contributed by atoms with E-state index in [-0.39, 0.29) is 0 Å². The second kappa shape index (κ2) is 12.7. The average molecular weight is 581 g/mol. The SMILES string of the molecule is OC(=C[P+](c1ccccc1)(c1ccccc1)c1ccccc1)C[P+](c1ccccc1)(c1ccccc1)c1ccccc1. The zero-order chi connectivity index (χ0) is 28.7. The van der Waals surface area contributed by atoms with E-state index in [0.717, 1.165) is 0 Å². The van der Waals surface area contributed by atoms with E-state index in [1.807, 2.05) is 0 Å². The molecule has 3 heteroatoms. The van der Waals surface area contributed by atoms with Gasteiger partial charge in [-0.15, -0.1) is 0 Å². The predicted molar refractivity (Wildman–Crippen MR) is 186 cm³/mol. The first-order chi connectivity index (χ1) is 20.7. The Morgan fingerprint density at radius 3 is 0.881 bits per heavy atom. The minimum Gasteiger partial charge on any atom is -0.506 e. The molecule has 0 spiro atoms. The molecule has 0 aliphatic heterocycles. The van der Waals surface area contributed by atoms with E-state index in [4.69, 9.17) is 0 Å². The Morgan fingerprint density at radius 1 is 0.381 bits per heavy atom. The Labute approximate surface area is 250 Å². The van der Waals surface area contributed by atoms with Gasteiger partial charge in [-0.3, -0.25) is 0 Å². The van der Waals surface area contributed by atoms with Crippen molar-refractivity contribution in [1.29, 1.82) is 0 Å². The molecule has 0 aliphatic carbocycles. The van der Waals surface area contributed by atoms with Gasteiger partial charge < -0.3 is 5.11 Å². The zero-order valence-electron chi connectivity index (χ0n) is 23.4. The second-order valence-corrected chi connectivity index (χ2v) is 17.1. The van der Waals surface area contributed by atoms with Gasteiger partial charge in [0.1, 0.15) is 58.3 Å². The predicted octanol–water partition coefficient (Wildman–Crippen LogP) is 7.37. The number of aliphatic hydroxyl groups is 1. The van der Waals surface area contributed by atoms with Crippen LogP contribution in [0, 0.1) is 0 Å². The van der Waals surface area contributed by atoms with Crippen molar-refractivity contribution in [1.82, 2.24) is 0 Å². The Hall–Kier alpha value is -4.28. The molecular weight excluding hydrogens is 546 g/mol. The third-order valence-electron chi connectivity index (χ3n) is 7.82. The molecule has 1 nitrogen and oxygen atoms in total. The van der Waals surface area contributed by atoms with E-state index >= 15 is 0 Å². The van der Waals surface area contributed by atoms with E-state index < -0.39 is 14.5 Å². The summed E-state index contributed by atoms with van der Waals surface area (Å²) in [5, 5.41) is 19.8. The molecule has 6 rings (SSSR count). The standard InChI is InChI=1S/C39H33OP2/c40-33(31-41(34-19-7-1-8-20-34,35-21-9-2-10-22-35)36-23-11-3-12-24-36)32-42(37-25-13-4-14-26-37,38-27-15-5-16-28-38)39-29-17-6-18-30-39/h1-31H,32H2/q+1/p+1. The summed E-state index contributed by atoms with van der Waals surface area (Å²) in [6, 6.07) is 64.4. The van der Waals surface area contributed by atoms with Crippen molar-refractivity contribution >= 4 is 46.4 Å². The highest BCUT2D eigenvalue weighted by Gasteiger charge is 2.49. The number of benzene rings is 6. The molecule has 0 radical (unpaired) electrons. The lowest BCUT2D eigenvalue weighted by Crippen LogP contribution is -2.34. The lowest BCUT2D eigenvalue weighted by atomic mass is 10.4. The molecule has 6 aromatic carbocycles. The van der Waals surface area contributed by atoms with Crippen LogP contribution in [0.4, 0.5) is 0 Å². The lowest BCUT2D eigenvalue weighted by Gasteiger charge is -2.28. The highest BCUT2D eigenvalue weighted by Crippen LogP contribution is 2.61. The van der Waals surface area contributed by atoms with Gasteiger partial charge in [-0.2, -0.15) is 0 Å². The van der Waals surface area contributed by atoms with Crippen LogP contribution >= 0.6 is 14.5 Å². The molecule has 6 aromatic rings. The maximum absolute atomic E-state index is 12.4. The van der Waals surface area contributed by atoms with E-state index in [9.17, 15) is 5.11 Å². The van der Waals surface area contributed by atoms with Crippen molar-refractivity contribution < 1.29 is 5.11 Å². The van der Waals surface area contributed by atoms with Crippen molar-refractivity contribution in [3.8, 4) is 0 Å². The fourth-order valence-electron chi connectivity index (χ4n) is 5.94. The van der Waals surface area contributed by atoms with Gasteiger partial charge in [0.25, 0.3) is 0 Å². The molecule has 0 saturated heterocycles. The Bertz CT molecular complexity index is 1530. The smallest absolute Gasteiger partial charge is 0.167 e. The summed E-state index contributed by atoms with van der Waals surface area (Å²) in [7, 11) is -4.64. The number of hydrogen-bond acceptors (Lipinski definition) is 1. The van der Waals surface area contributed by atoms with Gasteiger partial charge in [-0.1, -0.05) is 109 Å². The van der Waals surface area contributed by atoms with Crippen LogP contribution in [0.5, 0.6) is 0 Å². The zero-order valence-corrected chi connectivity index (χ0v) is 25.2. The largest absolute Gasteiger partial charge is 0.506 e. The molecule has 0 saturated carbocycles. The molecule has 0 fully saturated rings. The Balaban J connectivity index is 1.63. The van der Waals surface area contributed by atoms with Gasteiger partial charge in [0.2, 0.25) is 0 Å². The number of hydrogen-bond donors (Lipinski definition) is 1. The molecule has 0 aliphatic rings. The lowest BCUT2D eigenvalue weighted by molar-refractivity contribution is 0.418. The molecule has 0 unspecified atom stereocenters. The van der Waals surface area contributed by atoms with Gasteiger partial charge in [0.05, 0.1) is 0 Å². The first kappa shape index (κ1) is 27.9. The fraction of sp³-hybridized carbons (Fsp3) is 0.0256. The summed E-state index contributed by atoms with van der Waals surface area (Å²) >= 11 is 0. The monoisotopic (exact) mass is 580 g/mol. The maximum Gasteiger partial charge on any atom is 0.167 e. The summed E-state index contributed by atoms with van der Waals surface area (Å²) < 4.78 is 0. The van der Waals surface area contributed by atoms with Crippen molar-refractivity contribution in [2.24, 2.45) is 0 Å². The summed E-state index contributed by atoms with van der Waals surface area (Å²) in [6.45, 7) is 0. The summed E-state index contributed by atoms with van der Waals surface area (Å²) in [6.07, 6.45) is 0.527. The van der Waals surface area contributed by atoms with Gasteiger partial charge in [-0.25, -0.2) is 0 Å². The number of rotatable bonds is 9. The van der Waals surface area contributed by atoms with Gasteiger partial charge in [-0.05, 0) is 72.8 Å². The van der Waals surface area contributed by atoms with Crippen LogP contribution in [0.2, 0.25) is 0 Å². The molecule has 0 bridgehead atoms. The minimum atomic E-state index is -2.36. The average Bonchev–Trinajstić information content (AvgIpc) is 3.08. The van der Waals surface area contributed by atoms with Gasteiger partial charge in [0, 0.05) is 0 Å². The minimum absolute atomic E-state index is 0.421. The first-order valence-electron chi connectivity index (χ1n) is 14.2. The fourth-order valence-corrected chi connectivity index (χ4v) is 14.0. The van der Waals surface area contributed by atoms with Gasteiger partial charge >= 0.3 is 0 Å². The Kier molecular flexibility index (Phi) is 8.43. The summed E-state index contributed by atoms with van der Waals surface area (Å²) in [5.74, 6) is 2.64. The maximum atomic E-state index is 12.4. The molecule has 0 aromatic heterocycles. The van der Waals surface area contributed by atoms with E-state index in [1.165, 1.54) is 31.8 Å². The second-order valence-electron chi connectivity index (χ2n) is 10.3. The molecule has 0 amide bonds. The van der Waals surface area contributed by atoms with Crippen LogP contribution in [0.15, 0.2) is 194 Å². The van der Waals surface area contributed by atoms with Crippen LogP contribution in [0.1, 0.15) is 0 Å². The quantitative estimate of drug-likeness (QED) is 0.140. The number of aliphatic hydroxyl groups excluding tert-OH is 1. The summed E-state index contributed by atoms with van der Waals surface area (Å²) in [5.41, 5.74) is 0. The normalized spacial score (nSPS) is 12.1. The van der Waals surface area contributed by atoms with Crippen LogP contribution < -0.4 is 31.8 Å². The summed E-state index contributed by atoms with van der Waals surface area (Å²) in [4.78, 5) is 0. The van der Waals surface area contributed by atoms with Crippen molar-refractivity contribution in [2.45, 2.75) is 0 Å². The molecule has 0 atom stereocenters. The van der Waals surface area contributed by atoms with E-state index in [0.29, 0.717) is 11.9 Å². The molecule has 42 heavy (non-hydrogen) atoms. The first-order valence-corrected chi connectivity index (χ1v) is 18.1. The number of allylic oxidation sites excluding steroid dienone is 1. The third-order valence-corrected chi connectivity index (χ3v) is 16.2. The highest BCUT2D eigenvalue weighted by molar-refractivity contribution is 7.98. The molecule has 0 heterocycles. The van der Waals surface area contributed by atoms with Crippen molar-refractivity contribution in [3.63, 3.8) is 0 Å². The van der Waals surface area contributed by atoms with Crippen LogP contribution in [0.3, 0.4) is 0 Å². The van der Waals surface area contributed by atoms with Crippen molar-refractivity contribution in [3.05, 3.63) is 194 Å². The molecular formula is C39H34OP2+2. The molecule has 204 valence electrons. The van der Waals surface area contributed by atoms with Crippen LogP contribution in [-0.2, 0) is 0 Å². The van der Waals surface area contributed by atoms with Crippen molar-refractivity contribution in [2.75, 3.05) is 6.16 Å². The van der Waals surface area contributed by atoms with Crippen LogP contribution in [0.25, 0.3) is 0 Å².